The van der Waals surface area contributed by atoms with Crippen molar-refractivity contribution >= 4 is 17.4 Å². The lowest BCUT2D eigenvalue weighted by Gasteiger charge is -2.05. The highest BCUT2D eigenvalue weighted by Crippen LogP contribution is 2.36. The number of hydrogen-bond donors (Lipinski definition) is 1. The number of fused-ring (bicyclic) bond motifs is 2. The van der Waals surface area contributed by atoms with Crippen molar-refractivity contribution in [3.05, 3.63) is 54.5 Å². The Kier molecular flexibility index (Phi) is 4.05. The van der Waals surface area contributed by atoms with Gasteiger partial charge in [-0.25, -0.2) is 4.39 Å². The summed E-state index contributed by atoms with van der Waals surface area (Å²) in [7, 11) is 0. The molecule has 0 fully saturated rings. The first-order valence-electron chi connectivity index (χ1n) is 6.74. The molecule has 4 rings (SSSR count). The van der Waals surface area contributed by atoms with Gasteiger partial charge in [-0.1, -0.05) is 6.07 Å². The van der Waals surface area contributed by atoms with E-state index in [-0.39, 0.29) is 19.1 Å². The van der Waals surface area contributed by atoms with Crippen molar-refractivity contribution in [1.82, 2.24) is 4.98 Å². The molecule has 116 valence electrons. The van der Waals surface area contributed by atoms with Crippen LogP contribution in [-0.2, 0) is 4.79 Å². The zero-order valence-electron chi connectivity index (χ0n) is 11.9. The molecule has 1 aliphatic rings. The molecule has 0 atom stereocenters. The molecule has 23 heavy (non-hydrogen) atoms. The van der Waals surface area contributed by atoms with Crippen molar-refractivity contribution in [3.8, 4) is 22.6 Å². The first-order chi connectivity index (χ1) is 11.2. The average molecular weight is 313 g/mol. The fourth-order valence-electron chi connectivity index (χ4n) is 2.33. The summed E-state index contributed by atoms with van der Waals surface area (Å²) >= 11 is 0. The maximum Gasteiger partial charge on any atom is 0.290 e. The first-order valence-corrected chi connectivity index (χ1v) is 6.74. The number of ether oxygens (including phenoxy) is 2. The molecule has 2 heterocycles. The number of carbonyl (C=O) groups is 1. The van der Waals surface area contributed by atoms with Crippen molar-refractivity contribution in [3.63, 3.8) is 0 Å². The SMILES string of the molecule is Fc1ccc2cc(-c3ccc4c(c3)OCO4)cnc2c1.O=CO. The van der Waals surface area contributed by atoms with Gasteiger partial charge in [-0.3, -0.25) is 9.78 Å². The number of benzene rings is 2. The second-order valence-corrected chi connectivity index (χ2v) is 4.73. The van der Waals surface area contributed by atoms with E-state index in [1.807, 2.05) is 24.3 Å². The van der Waals surface area contributed by atoms with Gasteiger partial charge in [0, 0.05) is 23.2 Å². The lowest BCUT2D eigenvalue weighted by atomic mass is 10.0. The summed E-state index contributed by atoms with van der Waals surface area (Å²) in [6.45, 7) is 0.00797. The zero-order chi connectivity index (χ0) is 16.2. The normalized spacial score (nSPS) is 11.7. The van der Waals surface area contributed by atoms with Gasteiger partial charge in [0.1, 0.15) is 5.82 Å². The molecule has 0 unspecified atom stereocenters. The van der Waals surface area contributed by atoms with E-state index in [1.165, 1.54) is 12.1 Å². The van der Waals surface area contributed by atoms with Crippen molar-refractivity contribution in [2.45, 2.75) is 0 Å². The van der Waals surface area contributed by atoms with Gasteiger partial charge in [0.05, 0.1) is 5.52 Å². The molecule has 3 aromatic rings. The van der Waals surface area contributed by atoms with Crippen LogP contribution in [0.25, 0.3) is 22.0 Å². The van der Waals surface area contributed by atoms with Crippen LogP contribution in [0.3, 0.4) is 0 Å². The fraction of sp³-hybridized carbons (Fsp3) is 0.0588. The maximum atomic E-state index is 13.1. The number of pyridine rings is 1. The monoisotopic (exact) mass is 313 g/mol. The number of nitrogens with zero attached hydrogens (tertiary/aromatic N) is 1. The smallest absolute Gasteiger partial charge is 0.290 e. The number of rotatable bonds is 1. The Morgan fingerprint density at radius 3 is 2.65 bits per heavy atom. The van der Waals surface area contributed by atoms with Crippen LogP contribution >= 0.6 is 0 Å². The Morgan fingerprint density at radius 2 is 1.83 bits per heavy atom. The highest BCUT2D eigenvalue weighted by Gasteiger charge is 2.14. The molecule has 1 aliphatic heterocycles. The molecule has 1 aromatic heterocycles. The van der Waals surface area contributed by atoms with E-state index in [0.717, 1.165) is 28.0 Å². The minimum atomic E-state index is -0.277. The van der Waals surface area contributed by atoms with Gasteiger partial charge in [0.25, 0.3) is 6.47 Å². The molecule has 0 aliphatic carbocycles. The van der Waals surface area contributed by atoms with Gasteiger partial charge in [0.2, 0.25) is 6.79 Å². The summed E-state index contributed by atoms with van der Waals surface area (Å²) in [5, 5.41) is 7.79. The van der Waals surface area contributed by atoms with Gasteiger partial charge in [-0.2, -0.15) is 0 Å². The van der Waals surface area contributed by atoms with E-state index in [9.17, 15) is 4.39 Å². The highest BCUT2D eigenvalue weighted by molar-refractivity contribution is 5.83. The van der Waals surface area contributed by atoms with Crippen LogP contribution in [0.4, 0.5) is 4.39 Å². The van der Waals surface area contributed by atoms with E-state index >= 15 is 0 Å². The summed E-state index contributed by atoms with van der Waals surface area (Å²) in [5.74, 6) is 1.21. The maximum absolute atomic E-state index is 13.1. The van der Waals surface area contributed by atoms with Crippen molar-refractivity contribution in [1.29, 1.82) is 0 Å². The van der Waals surface area contributed by atoms with Crippen LogP contribution in [0, 0.1) is 5.82 Å². The number of carboxylic acid groups (broad SMARTS) is 1. The zero-order valence-corrected chi connectivity index (χ0v) is 11.9. The van der Waals surface area contributed by atoms with E-state index in [4.69, 9.17) is 19.4 Å². The predicted molar refractivity (Wildman–Crippen MR) is 82.0 cm³/mol. The summed E-state index contributed by atoms with van der Waals surface area (Å²) in [6, 6.07) is 12.3. The Morgan fingerprint density at radius 1 is 1.04 bits per heavy atom. The van der Waals surface area contributed by atoms with E-state index in [0.29, 0.717) is 5.52 Å². The van der Waals surface area contributed by atoms with E-state index in [1.54, 1.807) is 12.3 Å². The van der Waals surface area contributed by atoms with Gasteiger partial charge in [-0.15, -0.1) is 0 Å². The molecular weight excluding hydrogens is 301 g/mol. The average Bonchev–Trinajstić information content (AvgIpc) is 3.02. The molecule has 5 nitrogen and oxygen atoms in total. The quantitative estimate of drug-likeness (QED) is 0.697. The van der Waals surface area contributed by atoms with Crippen LogP contribution in [0.15, 0.2) is 48.7 Å². The van der Waals surface area contributed by atoms with Crippen LogP contribution < -0.4 is 9.47 Å². The van der Waals surface area contributed by atoms with Crippen molar-refractivity contribution in [2.24, 2.45) is 0 Å². The topological polar surface area (TPSA) is 68.7 Å². The molecule has 0 radical (unpaired) electrons. The first kappa shape index (κ1) is 14.8. The third-order valence-corrected chi connectivity index (χ3v) is 3.35. The molecule has 0 amide bonds. The third-order valence-electron chi connectivity index (χ3n) is 3.35. The molecule has 2 aromatic carbocycles. The summed E-state index contributed by atoms with van der Waals surface area (Å²) in [4.78, 5) is 12.7. The summed E-state index contributed by atoms with van der Waals surface area (Å²) < 4.78 is 23.8. The Bertz CT molecular complexity index is 866. The molecular formula is C17H12FNO4. The Hall–Kier alpha value is -3.15. The molecule has 0 saturated heterocycles. The van der Waals surface area contributed by atoms with Gasteiger partial charge < -0.3 is 14.6 Å². The molecule has 0 spiro atoms. The highest BCUT2D eigenvalue weighted by atomic mass is 19.1. The van der Waals surface area contributed by atoms with Crippen LogP contribution in [0.2, 0.25) is 0 Å². The largest absolute Gasteiger partial charge is 0.483 e. The van der Waals surface area contributed by atoms with Gasteiger partial charge >= 0.3 is 0 Å². The minimum absolute atomic E-state index is 0.250. The second-order valence-electron chi connectivity index (χ2n) is 4.73. The standard InChI is InChI=1S/C16H10FNO2.CH2O2/c17-13-3-1-11-5-12(8-18-14(11)7-13)10-2-4-15-16(6-10)20-9-19-15;2-1-3/h1-8H,9H2;1H,(H,2,3). The number of halogens is 1. The number of hydrogen-bond acceptors (Lipinski definition) is 4. The third kappa shape index (κ3) is 3.06. The molecule has 0 bridgehead atoms. The van der Waals surface area contributed by atoms with Crippen LogP contribution in [0.1, 0.15) is 0 Å². The molecule has 0 saturated carbocycles. The Labute approximate surface area is 130 Å². The Balaban J connectivity index is 0.000000485. The molecule has 6 heteroatoms. The van der Waals surface area contributed by atoms with Crippen molar-refractivity contribution < 1.29 is 23.8 Å². The lowest BCUT2D eigenvalue weighted by Crippen LogP contribution is -1.92. The predicted octanol–water partition coefficient (Wildman–Crippen LogP) is 3.47. The van der Waals surface area contributed by atoms with Crippen LogP contribution in [0.5, 0.6) is 11.5 Å². The lowest BCUT2D eigenvalue weighted by molar-refractivity contribution is -0.122. The summed E-state index contributed by atoms with van der Waals surface area (Å²) in [6.07, 6.45) is 1.74. The minimum Gasteiger partial charge on any atom is -0.483 e. The summed E-state index contributed by atoms with van der Waals surface area (Å²) in [5.41, 5.74) is 2.60. The fourth-order valence-corrected chi connectivity index (χ4v) is 2.33. The molecule has 1 N–H and O–H groups in total. The van der Waals surface area contributed by atoms with Crippen LogP contribution in [-0.4, -0.2) is 23.4 Å². The second kappa shape index (κ2) is 6.31. The van der Waals surface area contributed by atoms with E-state index < -0.39 is 0 Å². The van der Waals surface area contributed by atoms with Gasteiger partial charge in [-0.05, 0) is 35.9 Å². The van der Waals surface area contributed by atoms with Gasteiger partial charge in [0.15, 0.2) is 11.5 Å². The number of aromatic nitrogens is 1. The van der Waals surface area contributed by atoms with E-state index in [2.05, 4.69) is 4.98 Å². The van der Waals surface area contributed by atoms with Crippen molar-refractivity contribution in [2.75, 3.05) is 6.79 Å².